The standard InChI is InChI=1S/C22H33N3O3/c1-5-14(2)11-24-12-17-18(13-24)22(23-20(17)26)6-8-25(9-7-22)21(27)19-10-15(3)16(4)28-19/h10,14,17-18H,5-9,11-13H2,1-4H3,(H,23,26)/t14-,17+,18-/m0/s1. The highest BCUT2D eigenvalue weighted by Crippen LogP contribution is 2.44. The molecule has 3 saturated heterocycles. The van der Waals surface area contributed by atoms with Gasteiger partial charge in [-0.3, -0.25) is 9.59 Å². The Morgan fingerprint density at radius 1 is 1.32 bits per heavy atom. The summed E-state index contributed by atoms with van der Waals surface area (Å²) in [5.41, 5.74) is 0.868. The van der Waals surface area contributed by atoms with Gasteiger partial charge in [-0.2, -0.15) is 0 Å². The van der Waals surface area contributed by atoms with Crippen LogP contribution in [-0.4, -0.2) is 59.9 Å². The van der Waals surface area contributed by atoms with E-state index in [4.69, 9.17) is 4.42 Å². The van der Waals surface area contributed by atoms with Crippen molar-refractivity contribution in [3.63, 3.8) is 0 Å². The summed E-state index contributed by atoms with van der Waals surface area (Å²) < 4.78 is 5.63. The lowest BCUT2D eigenvalue weighted by atomic mass is 9.75. The fraction of sp³-hybridized carbons (Fsp3) is 0.727. The number of carbonyl (C=O) groups excluding carboxylic acids is 2. The second-order valence-electron chi connectivity index (χ2n) is 9.23. The minimum atomic E-state index is -0.141. The van der Waals surface area contributed by atoms with E-state index < -0.39 is 0 Å². The summed E-state index contributed by atoms with van der Waals surface area (Å²) in [4.78, 5) is 29.8. The lowest BCUT2D eigenvalue weighted by Crippen LogP contribution is -2.56. The van der Waals surface area contributed by atoms with E-state index in [0.29, 0.717) is 30.7 Å². The van der Waals surface area contributed by atoms with Crippen molar-refractivity contribution in [2.24, 2.45) is 17.8 Å². The molecule has 1 aromatic rings. The number of rotatable bonds is 4. The molecule has 3 atom stereocenters. The van der Waals surface area contributed by atoms with Gasteiger partial charge < -0.3 is 19.5 Å². The summed E-state index contributed by atoms with van der Waals surface area (Å²) in [7, 11) is 0. The smallest absolute Gasteiger partial charge is 0.289 e. The predicted octanol–water partition coefficient (Wildman–Crippen LogP) is 2.60. The molecule has 154 valence electrons. The van der Waals surface area contributed by atoms with Crippen LogP contribution in [0.1, 0.15) is 55.0 Å². The molecule has 0 radical (unpaired) electrons. The summed E-state index contributed by atoms with van der Waals surface area (Å²) in [6, 6.07) is 1.83. The number of fused-ring (bicyclic) bond motifs is 2. The van der Waals surface area contributed by atoms with Gasteiger partial charge in [0.15, 0.2) is 5.76 Å². The molecule has 4 heterocycles. The van der Waals surface area contributed by atoms with Gasteiger partial charge in [0.25, 0.3) is 5.91 Å². The van der Waals surface area contributed by atoms with Gasteiger partial charge in [-0.05, 0) is 44.2 Å². The Balaban J connectivity index is 1.42. The maximum atomic E-state index is 12.8. The lowest BCUT2D eigenvalue weighted by molar-refractivity contribution is -0.123. The van der Waals surface area contributed by atoms with E-state index in [0.717, 1.165) is 43.8 Å². The van der Waals surface area contributed by atoms with Gasteiger partial charge >= 0.3 is 0 Å². The zero-order chi connectivity index (χ0) is 20.1. The lowest BCUT2D eigenvalue weighted by Gasteiger charge is -2.42. The molecular weight excluding hydrogens is 354 g/mol. The Morgan fingerprint density at radius 3 is 2.64 bits per heavy atom. The molecule has 0 aliphatic carbocycles. The molecule has 0 saturated carbocycles. The number of aryl methyl sites for hydroxylation is 2. The number of piperidine rings is 1. The van der Waals surface area contributed by atoms with E-state index in [9.17, 15) is 9.59 Å². The molecule has 3 aliphatic heterocycles. The average molecular weight is 388 g/mol. The van der Waals surface area contributed by atoms with Crippen molar-refractivity contribution in [1.29, 1.82) is 0 Å². The van der Waals surface area contributed by atoms with Crippen LogP contribution in [0.3, 0.4) is 0 Å². The first-order valence-corrected chi connectivity index (χ1v) is 10.7. The van der Waals surface area contributed by atoms with E-state index in [1.807, 2.05) is 24.8 Å². The monoisotopic (exact) mass is 387 g/mol. The van der Waals surface area contributed by atoms with Crippen LogP contribution in [0.5, 0.6) is 0 Å². The van der Waals surface area contributed by atoms with Crippen molar-refractivity contribution in [2.45, 2.75) is 52.5 Å². The second kappa shape index (κ2) is 7.21. The topological polar surface area (TPSA) is 65.8 Å². The fourth-order valence-electron chi connectivity index (χ4n) is 5.30. The molecule has 3 fully saturated rings. The van der Waals surface area contributed by atoms with Crippen molar-refractivity contribution in [3.05, 3.63) is 23.2 Å². The summed E-state index contributed by atoms with van der Waals surface area (Å²) in [6.07, 6.45) is 2.84. The minimum absolute atomic E-state index is 0.0308. The Hall–Kier alpha value is -1.82. The van der Waals surface area contributed by atoms with Crippen LogP contribution < -0.4 is 5.32 Å². The summed E-state index contributed by atoms with van der Waals surface area (Å²) in [5, 5.41) is 3.34. The fourth-order valence-corrected chi connectivity index (χ4v) is 5.30. The van der Waals surface area contributed by atoms with Crippen molar-refractivity contribution in [3.8, 4) is 0 Å². The maximum absolute atomic E-state index is 12.8. The third-order valence-electron chi connectivity index (χ3n) is 7.40. The number of carbonyl (C=O) groups is 2. The third-order valence-corrected chi connectivity index (χ3v) is 7.40. The number of furan rings is 1. The normalized spacial score (nSPS) is 27.9. The molecule has 1 aromatic heterocycles. The van der Waals surface area contributed by atoms with Gasteiger partial charge in [-0.15, -0.1) is 0 Å². The second-order valence-corrected chi connectivity index (χ2v) is 9.23. The molecule has 1 spiro atoms. The molecule has 0 bridgehead atoms. The Labute approximate surface area is 167 Å². The summed E-state index contributed by atoms with van der Waals surface area (Å²) in [5.74, 6) is 2.56. The molecule has 3 aliphatic rings. The molecular formula is C22H33N3O3. The number of likely N-dealkylation sites (tertiary alicyclic amines) is 2. The SMILES string of the molecule is CC[C@H](C)CN1C[C@H]2C(=O)NC3(CCN(C(=O)c4cc(C)c(C)o4)CC3)[C@H]2C1. The first-order valence-electron chi connectivity index (χ1n) is 10.7. The van der Waals surface area contributed by atoms with Crippen LogP contribution in [0.2, 0.25) is 0 Å². The van der Waals surface area contributed by atoms with Gasteiger partial charge in [0, 0.05) is 44.2 Å². The quantitative estimate of drug-likeness (QED) is 0.862. The van der Waals surface area contributed by atoms with E-state index in [1.165, 1.54) is 6.42 Å². The number of nitrogens with one attached hydrogen (secondary N) is 1. The van der Waals surface area contributed by atoms with E-state index in [1.54, 1.807) is 0 Å². The maximum Gasteiger partial charge on any atom is 0.289 e. The molecule has 0 aromatic carbocycles. The van der Waals surface area contributed by atoms with Gasteiger partial charge in [-0.25, -0.2) is 0 Å². The number of nitrogens with zero attached hydrogens (tertiary/aromatic N) is 2. The largest absolute Gasteiger partial charge is 0.456 e. The third kappa shape index (κ3) is 3.25. The highest BCUT2D eigenvalue weighted by molar-refractivity contribution is 5.92. The van der Waals surface area contributed by atoms with E-state index in [2.05, 4.69) is 24.1 Å². The Kier molecular flexibility index (Phi) is 5.02. The van der Waals surface area contributed by atoms with Gasteiger partial charge in [-0.1, -0.05) is 20.3 Å². The zero-order valence-electron chi connectivity index (χ0n) is 17.6. The van der Waals surface area contributed by atoms with E-state index in [-0.39, 0.29) is 23.3 Å². The highest BCUT2D eigenvalue weighted by Gasteiger charge is 2.57. The van der Waals surface area contributed by atoms with Crippen LogP contribution >= 0.6 is 0 Å². The first-order chi connectivity index (χ1) is 13.3. The zero-order valence-corrected chi connectivity index (χ0v) is 17.6. The van der Waals surface area contributed by atoms with Gasteiger partial charge in [0.1, 0.15) is 5.76 Å². The summed E-state index contributed by atoms with van der Waals surface area (Å²) >= 11 is 0. The minimum Gasteiger partial charge on any atom is -0.456 e. The van der Waals surface area contributed by atoms with Crippen LogP contribution in [0.4, 0.5) is 0 Å². The number of hydrogen-bond acceptors (Lipinski definition) is 4. The Morgan fingerprint density at radius 2 is 2.04 bits per heavy atom. The van der Waals surface area contributed by atoms with Crippen molar-refractivity contribution in [2.75, 3.05) is 32.7 Å². The van der Waals surface area contributed by atoms with Crippen molar-refractivity contribution >= 4 is 11.8 Å². The van der Waals surface area contributed by atoms with Crippen LogP contribution in [0, 0.1) is 31.6 Å². The summed E-state index contributed by atoms with van der Waals surface area (Å²) in [6.45, 7) is 12.7. The van der Waals surface area contributed by atoms with E-state index >= 15 is 0 Å². The number of hydrogen-bond donors (Lipinski definition) is 1. The molecule has 0 unspecified atom stereocenters. The van der Waals surface area contributed by atoms with Crippen molar-refractivity contribution in [1.82, 2.24) is 15.1 Å². The van der Waals surface area contributed by atoms with Crippen LogP contribution in [0.15, 0.2) is 10.5 Å². The van der Waals surface area contributed by atoms with Crippen LogP contribution in [-0.2, 0) is 4.79 Å². The van der Waals surface area contributed by atoms with Crippen LogP contribution in [0.25, 0.3) is 0 Å². The Bertz CT molecular complexity index is 744. The molecule has 28 heavy (non-hydrogen) atoms. The average Bonchev–Trinajstić information content (AvgIpc) is 3.31. The molecule has 2 amide bonds. The molecule has 6 nitrogen and oxygen atoms in total. The molecule has 1 N–H and O–H groups in total. The van der Waals surface area contributed by atoms with Crippen molar-refractivity contribution < 1.29 is 14.0 Å². The highest BCUT2D eigenvalue weighted by atomic mass is 16.4. The molecule has 6 heteroatoms. The number of amides is 2. The first kappa shape index (κ1) is 19.5. The van der Waals surface area contributed by atoms with Gasteiger partial charge in [0.2, 0.25) is 5.91 Å². The predicted molar refractivity (Wildman–Crippen MR) is 107 cm³/mol. The van der Waals surface area contributed by atoms with Gasteiger partial charge in [0.05, 0.1) is 5.92 Å². The molecule has 4 rings (SSSR count).